The highest BCUT2D eigenvalue weighted by molar-refractivity contribution is 6.30. The summed E-state index contributed by atoms with van der Waals surface area (Å²) in [5.74, 6) is 2.00. The van der Waals surface area contributed by atoms with Crippen molar-refractivity contribution in [2.75, 3.05) is 41.3 Å². The van der Waals surface area contributed by atoms with E-state index in [0.29, 0.717) is 16.8 Å². The van der Waals surface area contributed by atoms with Gasteiger partial charge in [-0.1, -0.05) is 17.7 Å². The molecule has 138 valence electrons. The number of hydrogen-bond donors (Lipinski definition) is 1. The first-order chi connectivity index (χ1) is 13.2. The van der Waals surface area contributed by atoms with Gasteiger partial charge in [0.2, 0.25) is 11.9 Å². The normalized spacial score (nSPS) is 14.3. The summed E-state index contributed by atoms with van der Waals surface area (Å²) in [6.45, 7) is 5.18. The zero-order valence-corrected chi connectivity index (χ0v) is 15.6. The molecule has 3 heterocycles. The van der Waals surface area contributed by atoms with Gasteiger partial charge in [-0.05, 0) is 30.7 Å². The fraction of sp³-hybridized carbons (Fsp3) is 0.278. The van der Waals surface area contributed by atoms with E-state index in [1.54, 1.807) is 18.6 Å². The van der Waals surface area contributed by atoms with Gasteiger partial charge < -0.3 is 15.1 Å². The minimum Gasteiger partial charge on any atom is -0.339 e. The van der Waals surface area contributed by atoms with Crippen molar-refractivity contribution in [3.8, 4) is 0 Å². The summed E-state index contributed by atoms with van der Waals surface area (Å²) in [4.78, 5) is 17.5. The van der Waals surface area contributed by atoms with Gasteiger partial charge in [-0.15, -0.1) is 5.10 Å². The highest BCUT2D eigenvalue weighted by atomic mass is 35.5. The average molecular weight is 383 g/mol. The Kier molecular flexibility index (Phi) is 4.97. The Labute approximate surface area is 162 Å². The summed E-state index contributed by atoms with van der Waals surface area (Å²) >= 11 is 6.09. The van der Waals surface area contributed by atoms with Crippen molar-refractivity contribution in [1.29, 1.82) is 0 Å². The smallest absolute Gasteiger partial charge is 0.247 e. The van der Waals surface area contributed by atoms with Crippen LogP contribution in [0.1, 0.15) is 5.56 Å². The Morgan fingerprint density at radius 1 is 1.00 bits per heavy atom. The van der Waals surface area contributed by atoms with Gasteiger partial charge in [0, 0.05) is 49.3 Å². The molecule has 3 aromatic rings. The maximum absolute atomic E-state index is 6.09. The van der Waals surface area contributed by atoms with Gasteiger partial charge in [0.05, 0.1) is 6.20 Å². The zero-order valence-electron chi connectivity index (χ0n) is 14.9. The second-order valence-electron chi connectivity index (χ2n) is 6.25. The van der Waals surface area contributed by atoms with E-state index in [0.717, 1.165) is 43.4 Å². The molecule has 1 fully saturated rings. The first-order valence-electron chi connectivity index (χ1n) is 8.69. The molecule has 0 unspecified atom stereocenters. The highest BCUT2D eigenvalue weighted by Crippen LogP contribution is 2.24. The van der Waals surface area contributed by atoms with Crippen LogP contribution in [0.25, 0.3) is 0 Å². The molecule has 0 spiro atoms. The van der Waals surface area contributed by atoms with Crippen LogP contribution < -0.4 is 15.1 Å². The zero-order chi connectivity index (χ0) is 18.6. The third kappa shape index (κ3) is 4.06. The van der Waals surface area contributed by atoms with Crippen molar-refractivity contribution in [3.05, 3.63) is 53.4 Å². The van der Waals surface area contributed by atoms with Gasteiger partial charge in [-0.25, -0.2) is 9.97 Å². The van der Waals surface area contributed by atoms with Gasteiger partial charge in [-0.2, -0.15) is 10.1 Å². The number of nitrogens with one attached hydrogen (secondary N) is 1. The first-order valence-corrected chi connectivity index (χ1v) is 9.07. The van der Waals surface area contributed by atoms with E-state index in [1.807, 2.05) is 31.2 Å². The number of nitrogens with zero attached hydrogens (tertiary/aromatic N) is 7. The van der Waals surface area contributed by atoms with Crippen LogP contribution in [0.3, 0.4) is 0 Å². The molecule has 27 heavy (non-hydrogen) atoms. The fourth-order valence-corrected chi connectivity index (χ4v) is 3.09. The second kappa shape index (κ2) is 7.71. The van der Waals surface area contributed by atoms with Crippen LogP contribution in [0.2, 0.25) is 5.02 Å². The number of piperazine rings is 1. The van der Waals surface area contributed by atoms with Crippen molar-refractivity contribution in [3.63, 3.8) is 0 Å². The van der Waals surface area contributed by atoms with E-state index in [9.17, 15) is 0 Å². The molecule has 2 aromatic heterocycles. The van der Waals surface area contributed by atoms with Gasteiger partial charge in [0.15, 0.2) is 5.82 Å². The van der Waals surface area contributed by atoms with Crippen molar-refractivity contribution in [2.24, 2.45) is 0 Å². The molecule has 0 bridgehead atoms. The maximum Gasteiger partial charge on any atom is 0.247 e. The minimum absolute atomic E-state index is 0.605. The Morgan fingerprint density at radius 3 is 2.44 bits per heavy atom. The Hall–Kier alpha value is -3.00. The number of rotatable bonds is 4. The fourth-order valence-electron chi connectivity index (χ4n) is 2.92. The molecule has 0 atom stereocenters. The van der Waals surface area contributed by atoms with Gasteiger partial charge in [0.25, 0.3) is 0 Å². The summed E-state index contributed by atoms with van der Waals surface area (Å²) in [7, 11) is 0. The quantitative estimate of drug-likeness (QED) is 0.737. The monoisotopic (exact) mass is 382 g/mol. The Bertz CT molecular complexity index is 912. The molecule has 1 aliphatic heterocycles. The van der Waals surface area contributed by atoms with E-state index in [2.05, 4.69) is 40.3 Å². The second-order valence-corrected chi connectivity index (χ2v) is 6.69. The first kappa shape index (κ1) is 17.4. The van der Waals surface area contributed by atoms with E-state index < -0.39 is 0 Å². The number of halogens is 1. The topological polar surface area (TPSA) is 83.0 Å². The predicted octanol–water partition coefficient (Wildman–Crippen LogP) is 2.69. The molecule has 9 heteroatoms. The minimum atomic E-state index is 0.605. The predicted molar refractivity (Wildman–Crippen MR) is 106 cm³/mol. The molecule has 1 aromatic carbocycles. The van der Waals surface area contributed by atoms with Gasteiger partial charge >= 0.3 is 0 Å². The lowest BCUT2D eigenvalue weighted by molar-refractivity contribution is 0.624. The summed E-state index contributed by atoms with van der Waals surface area (Å²) in [6.07, 6.45) is 5.13. The molecular formula is C18H19ClN8. The van der Waals surface area contributed by atoms with Crippen LogP contribution >= 0.6 is 11.6 Å². The van der Waals surface area contributed by atoms with Crippen LogP contribution in [-0.2, 0) is 0 Å². The lowest BCUT2D eigenvalue weighted by Gasteiger charge is -2.34. The average Bonchev–Trinajstić information content (AvgIpc) is 2.72. The number of anilines is 4. The SMILES string of the molecule is Cc1ccc(Cl)cc1Nc1cnnc(N2CCN(c3ncccn3)CC2)n1. The molecule has 0 saturated carbocycles. The lowest BCUT2D eigenvalue weighted by atomic mass is 10.2. The van der Waals surface area contributed by atoms with Gasteiger partial charge in [-0.3, -0.25) is 0 Å². The van der Waals surface area contributed by atoms with Gasteiger partial charge in [0.1, 0.15) is 0 Å². The molecule has 4 rings (SSSR count). The lowest BCUT2D eigenvalue weighted by Crippen LogP contribution is -2.47. The van der Waals surface area contributed by atoms with Crippen LogP contribution in [0, 0.1) is 6.92 Å². The number of aromatic nitrogens is 5. The van der Waals surface area contributed by atoms with Crippen LogP contribution in [-0.4, -0.2) is 51.3 Å². The van der Waals surface area contributed by atoms with E-state index in [4.69, 9.17) is 11.6 Å². The maximum atomic E-state index is 6.09. The summed E-state index contributed by atoms with van der Waals surface area (Å²) in [5.41, 5.74) is 1.98. The van der Waals surface area contributed by atoms with Crippen molar-refractivity contribution < 1.29 is 0 Å². The van der Waals surface area contributed by atoms with Crippen LogP contribution in [0.5, 0.6) is 0 Å². The number of aryl methyl sites for hydroxylation is 1. The highest BCUT2D eigenvalue weighted by Gasteiger charge is 2.21. The van der Waals surface area contributed by atoms with Crippen molar-refractivity contribution in [2.45, 2.75) is 6.92 Å². The van der Waals surface area contributed by atoms with E-state index >= 15 is 0 Å². The molecule has 0 amide bonds. The third-order valence-corrected chi connectivity index (χ3v) is 4.64. The number of hydrogen-bond acceptors (Lipinski definition) is 8. The van der Waals surface area contributed by atoms with Crippen LogP contribution in [0.15, 0.2) is 42.9 Å². The van der Waals surface area contributed by atoms with E-state index in [1.165, 1.54) is 0 Å². The summed E-state index contributed by atoms with van der Waals surface area (Å²) < 4.78 is 0. The molecule has 0 radical (unpaired) electrons. The molecule has 1 N–H and O–H groups in total. The largest absolute Gasteiger partial charge is 0.339 e. The van der Waals surface area contributed by atoms with Crippen molar-refractivity contribution in [1.82, 2.24) is 25.1 Å². The Balaban J connectivity index is 1.45. The number of benzene rings is 1. The molecular weight excluding hydrogens is 364 g/mol. The van der Waals surface area contributed by atoms with E-state index in [-0.39, 0.29) is 0 Å². The third-order valence-electron chi connectivity index (χ3n) is 4.41. The summed E-state index contributed by atoms with van der Waals surface area (Å²) in [6, 6.07) is 7.52. The standard InChI is InChI=1S/C18H19ClN8/c1-13-3-4-14(19)11-15(13)23-16-12-22-25-18(24-16)27-9-7-26(8-10-27)17-20-5-2-6-21-17/h2-6,11-12H,7-10H2,1H3,(H,23,24,25). The molecule has 8 nitrogen and oxygen atoms in total. The van der Waals surface area contributed by atoms with Crippen molar-refractivity contribution >= 4 is 35.0 Å². The Morgan fingerprint density at radius 2 is 1.70 bits per heavy atom. The summed E-state index contributed by atoms with van der Waals surface area (Å²) in [5, 5.41) is 12.2. The van der Waals surface area contributed by atoms with Crippen LogP contribution in [0.4, 0.5) is 23.4 Å². The molecule has 0 aliphatic carbocycles. The molecule has 1 aliphatic rings. The molecule has 1 saturated heterocycles.